The lowest BCUT2D eigenvalue weighted by molar-refractivity contribution is -0.385. The molecule has 0 saturated carbocycles. The van der Waals surface area contributed by atoms with E-state index in [4.69, 9.17) is 27.9 Å². The van der Waals surface area contributed by atoms with Crippen LogP contribution in [0.15, 0.2) is 36.4 Å². The number of anilines is 1. The average Bonchev–Trinajstić information content (AvgIpc) is 3.07. The minimum absolute atomic E-state index is 0.00771. The number of hydrogen-bond acceptors (Lipinski definition) is 6. The molecule has 0 N–H and O–H groups in total. The van der Waals surface area contributed by atoms with Crippen LogP contribution in [0.4, 0.5) is 11.4 Å². The van der Waals surface area contributed by atoms with Crippen molar-refractivity contribution in [3.05, 3.63) is 67.7 Å². The van der Waals surface area contributed by atoms with Crippen LogP contribution in [-0.2, 0) is 14.3 Å². The number of ketones is 1. The number of nitro benzene ring substituents is 1. The molecule has 0 radical (unpaired) electrons. The van der Waals surface area contributed by atoms with Crippen molar-refractivity contribution < 1.29 is 24.0 Å². The van der Waals surface area contributed by atoms with Crippen LogP contribution in [0.25, 0.3) is 0 Å². The van der Waals surface area contributed by atoms with Gasteiger partial charge in [0.05, 0.1) is 21.6 Å². The van der Waals surface area contributed by atoms with E-state index in [2.05, 4.69) is 0 Å². The quantitative estimate of drug-likeness (QED) is 0.285. The Kier molecular flexibility index (Phi) is 6.38. The first-order valence-electron chi connectivity index (χ1n) is 8.87. The Balaban J connectivity index is 1.64. The predicted octanol–water partition coefficient (Wildman–Crippen LogP) is 3.99. The van der Waals surface area contributed by atoms with Crippen molar-refractivity contribution in [3.8, 4) is 0 Å². The molecule has 156 valence electrons. The second-order valence-electron chi connectivity index (χ2n) is 6.79. The van der Waals surface area contributed by atoms with Gasteiger partial charge in [-0.15, -0.1) is 0 Å². The van der Waals surface area contributed by atoms with Crippen molar-refractivity contribution in [1.82, 2.24) is 0 Å². The third kappa shape index (κ3) is 4.60. The fourth-order valence-electron chi connectivity index (χ4n) is 3.13. The monoisotopic (exact) mass is 450 g/mol. The second-order valence-corrected chi connectivity index (χ2v) is 7.63. The first-order valence-corrected chi connectivity index (χ1v) is 9.63. The molecular weight excluding hydrogens is 435 g/mol. The number of hydrogen-bond donors (Lipinski definition) is 0. The van der Waals surface area contributed by atoms with Gasteiger partial charge in [-0.3, -0.25) is 24.5 Å². The first-order chi connectivity index (χ1) is 14.2. The standard InChI is InChI=1S/C20H16Cl2N2O6/c1-11-2-4-14(8-17(11)24(28)29)23-9-12(6-19(23)26)20(27)30-10-18(25)15-5-3-13(21)7-16(15)22/h2-5,7-8,12H,6,9-10H2,1H3/t12-/m0/s1. The lowest BCUT2D eigenvalue weighted by Gasteiger charge is -2.16. The van der Waals surface area contributed by atoms with E-state index in [1.807, 2.05) is 0 Å². The summed E-state index contributed by atoms with van der Waals surface area (Å²) < 4.78 is 5.07. The van der Waals surface area contributed by atoms with Crippen LogP contribution in [0.2, 0.25) is 10.0 Å². The fraction of sp³-hybridized carbons (Fsp3) is 0.250. The molecule has 1 saturated heterocycles. The molecule has 1 aliphatic heterocycles. The minimum atomic E-state index is -0.786. The van der Waals surface area contributed by atoms with Crippen LogP contribution in [-0.4, -0.2) is 35.7 Å². The normalized spacial score (nSPS) is 15.9. The molecule has 1 atom stereocenters. The maximum absolute atomic E-state index is 12.4. The van der Waals surface area contributed by atoms with Crippen molar-refractivity contribution in [2.45, 2.75) is 13.3 Å². The molecule has 8 nitrogen and oxygen atoms in total. The molecule has 2 aromatic carbocycles. The molecule has 1 fully saturated rings. The summed E-state index contributed by atoms with van der Waals surface area (Å²) in [6, 6.07) is 8.77. The number of benzene rings is 2. The molecule has 0 spiro atoms. The van der Waals surface area contributed by atoms with Gasteiger partial charge in [-0.25, -0.2) is 0 Å². The van der Waals surface area contributed by atoms with E-state index in [1.165, 1.54) is 29.2 Å². The lowest BCUT2D eigenvalue weighted by Crippen LogP contribution is -2.27. The number of amides is 1. The maximum Gasteiger partial charge on any atom is 0.311 e. The SMILES string of the molecule is Cc1ccc(N2C[C@@H](C(=O)OCC(=O)c3ccc(Cl)cc3Cl)CC2=O)cc1[N+](=O)[O-]. The highest BCUT2D eigenvalue weighted by Gasteiger charge is 2.37. The second kappa shape index (κ2) is 8.81. The third-order valence-electron chi connectivity index (χ3n) is 4.74. The number of carbonyl (C=O) groups is 3. The first kappa shape index (κ1) is 21.7. The fourth-order valence-corrected chi connectivity index (χ4v) is 3.64. The molecule has 1 heterocycles. The van der Waals surface area contributed by atoms with Crippen LogP contribution in [0, 0.1) is 23.0 Å². The number of Topliss-reactive ketones (excluding diaryl/α,β-unsaturated/α-hetero) is 1. The number of aryl methyl sites for hydroxylation is 1. The smallest absolute Gasteiger partial charge is 0.311 e. The van der Waals surface area contributed by atoms with E-state index in [9.17, 15) is 24.5 Å². The molecule has 3 rings (SSSR count). The summed E-state index contributed by atoms with van der Waals surface area (Å²) in [5.41, 5.74) is 0.851. The Morgan fingerprint density at radius 2 is 1.97 bits per heavy atom. The van der Waals surface area contributed by atoms with E-state index >= 15 is 0 Å². The average molecular weight is 451 g/mol. The van der Waals surface area contributed by atoms with E-state index < -0.39 is 29.2 Å². The molecule has 10 heteroatoms. The molecular formula is C20H16Cl2N2O6. The molecule has 0 aliphatic carbocycles. The Morgan fingerprint density at radius 1 is 1.23 bits per heavy atom. The Hall–Kier alpha value is -2.97. The van der Waals surface area contributed by atoms with Gasteiger partial charge in [-0.2, -0.15) is 0 Å². The summed E-state index contributed by atoms with van der Waals surface area (Å²) in [6.45, 7) is 1.08. The predicted molar refractivity (Wildman–Crippen MR) is 110 cm³/mol. The third-order valence-corrected chi connectivity index (χ3v) is 5.28. The highest BCUT2D eigenvalue weighted by Crippen LogP contribution is 2.30. The number of nitrogens with zero attached hydrogens (tertiary/aromatic N) is 2. The summed E-state index contributed by atoms with van der Waals surface area (Å²) in [7, 11) is 0. The van der Waals surface area contributed by atoms with Crippen LogP contribution in [0.5, 0.6) is 0 Å². The van der Waals surface area contributed by atoms with Gasteiger partial charge >= 0.3 is 5.97 Å². The maximum atomic E-state index is 12.4. The Morgan fingerprint density at radius 3 is 2.63 bits per heavy atom. The zero-order valence-electron chi connectivity index (χ0n) is 15.8. The van der Waals surface area contributed by atoms with Gasteiger partial charge in [0.15, 0.2) is 6.61 Å². The van der Waals surface area contributed by atoms with Gasteiger partial charge in [-0.05, 0) is 31.2 Å². The molecule has 0 unspecified atom stereocenters. The highest BCUT2D eigenvalue weighted by atomic mass is 35.5. The van der Waals surface area contributed by atoms with Crippen LogP contribution < -0.4 is 4.90 Å². The Labute approximate surface area is 181 Å². The summed E-state index contributed by atoms with van der Waals surface area (Å²) in [6.07, 6.45) is -0.115. The number of esters is 1. The number of halogens is 2. The number of nitro groups is 1. The van der Waals surface area contributed by atoms with Crippen molar-refractivity contribution in [1.29, 1.82) is 0 Å². The largest absolute Gasteiger partial charge is 0.457 e. The van der Waals surface area contributed by atoms with Gasteiger partial charge in [0, 0.05) is 35.2 Å². The molecule has 1 amide bonds. The molecule has 30 heavy (non-hydrogen) atoms. The highest BCUT2D eigenvalue weighted by molar-refractivity contribution is 6.36. The van der Waals surface area contributed by atoms with Gasteiger partial charge in [0.2, 0.25) is 11.7 Å². The summed E-state index contributed by atoms with van der Waals surface area (Å²) >= 11 is 11.8. The molecule has 1 aliphatic rings. The topological polar surface area (TPSA) is 107 Å². The molecule has 2 aromatic rings. The molecule has 0 aromatic heterocycles. The van der Waals surface area contributed by atoms with Crippen LogP contribution in [0.3, 0.4) is 0 Å². The van der Waals surface area contributed by atoms with Gasteiger partial charge in [-0.1, -0.05) is 29.3 Å². The van der Waals surface area contributed by atoms with Gasteiger partial charge < -0.3 is 9.64 Å². The van der Waals surface area contributed by atoms with Gasteiger partial charge in [0.1, 0.15) is 0 Å². The van der Waals surface area contributed by atoms with E-state index in [0.717, 1.165) is 0 Å². The lowest BCUT2D eigenvalue weighted by atomic mass is 10.1. The van der Waals surface area contributed by atoms with Crippen molar-refractivity contribution >= 4 is 52.2 Å². The van der Waals surface area contributed by atoms with Crippen molar-refractivity contribution in [2.24, 2.45) is 5.92 Å². The summed E-state index contributed by atoms with van der Waals surface area (Å²) in [5.74, 6) is -2.35. The Bertz CT molecular complexity index is 1060. The van der Waals surface area contributed by atoms with Crippen molar-refractivity contribution in [2.75, 3.05) is 18.1 Å². The van der Waals surface area contributed by atoms with Gasteiger partial charge in [0.25, 0.3) is 5.69 Å². The van der Waals surface area contributed by atoms with E-state index in [1.54, 1.807) is 19.1 Å². The summed E-state index contributed by atoms with van der Waals surface area (Å²) in [4.78, 5) is 48.8. The van der Waals surface area contributed by atoms with E-state index in [0.29, 0.717) is 16.3 Å². The van der Waals surface area contributed by atoms with Crippen LogP contribution in [0.1, 0.15) is 22.3 Å². The van der Waals surface area contributed by atoms with Crippen LogP contribution >= 0.6 is 23.2 Å². The van der Waals surface area contributed by atoms with E-state index in [-0.39, 0.29) is 35.1 Å². The number of rotatable bonds is 6. The van der Waals surface area contributed by atoms with Crippen molar-refractivity contribution in [3.63, 3.8) is 0 Å². The zero-order chi connectivity index (χ0) is 22.0. The minimum Gasteiger partial charge on any atom is -0.457 e. The molecule has 0 bridgehead atoms. The number of ether oxygens (including phenoxy) is 1. The number of carbonyl (C=O) groups excluding carboxylic acids is 3. The summed E-state index contributed by atoms with van der Waals surface area (Å²) in [5, 5.41) is 11.6. The zero-order valence-corrected chi connectivity index (χ0v) is 17.3.